The zero-order valence-electron chi connectivity index (χ0n) is 18.8. The molecule has 184 valence electrons. The number of hydrogen-bond donors (Lipinski definition) is 3. The number of nitrogens with two attached hydrogens (primary N) is 2. The van der Waals surface area contributed by atoms with Gasteiger partial charge in [-0.2, -0.15) is 0 Å². The molecule has 5 N–H and O–H groups in total. The van der Waals surface area contributed by atoms with E-state index in [0.717, 1.165) is 53.7 Å². The predicted octanol–water partition coefficient (Wildman–Crippen LogP) is 4.47. The fourth-order valence-electron chi connectivity index (χ4n) is 3.88. The molecule has 8 nitrogen and oxygen atoms in total. The summed E-state index contributed by atoms with van der Waals surface area (Å²) in [6.45, 7) is 0. The van der Waals surface area contributed by atoms with E-state index in [4.69, 9.17) is 26.2 Å². The molecular formula is C23H30Cl3N7O. The molecule has 4 rings (SSSR count). The van der Waals surface area contributed by atoms with E-state index in [2.05, 4.69) is 15.3 Å². The Balaban J connectivity index is 0.00000193. The second-order valence-electron chi connectivity index (χ2n) is 7.58. The number of halogens is 3. The van der Waals surface area contributed by atoms with Crippen LogP contribution >= 0.6 is 37.2 Å². The van der Waals surface area contributed by atoms with E-state index < -0.39 is 0 Å². The number of fused-ring (bicyclic) bond motifs is 1. The summed E-state index contributed by atoms with van der Waals surface area (Å²) in [5.74, 6) is 2.24. The number of rotatable bonds is 6. The second-order valence-corrected chi connectivity index (χ2v) is 7.58. The van der Waals surface area contributed by atoms with Gasteiger partial charge in [0.15, 0.2) is 11.8 Å². The molecule has 3 aromatic rings. The molecule has 0 spiro atoms. The summed E-state index contributed by atoms with van der Waals surface area (Å²) >= 11 is 0. The molecule has 0 unspecified atom stereocenters. The maximum atomic E-state index is 5.67. The minimum Gasteiger partial charge on any atom is -0.497 e. The monoisotopic (exact) mass is 525 g/mol. The Morgan fingerprint density at radius 1 is 1.03 bits per heavy atom. The van der Waals surface area contributed by atoms with E-state index in [9.17, 15) is 0 Å². The summed E-state index contributed by atoms with van der Waals surface area (Å²) in [6, 6.07) is 9.78. The van der Waals surface area contributed by atoms with Crippen LogP contribution < -0.4 is 21.5 Å². The molecule has 1 aliphatic carbocycles. The van der Waals surface area contributed by atoms with Crippen molar-refractivity contribution in [3.05, 3.63) is 54.1 Å². The summed E-state index contributed by atoms with van der Waals surface area (Å²) < 4.78 is 5.42. The van der Waals surface area contributed by atoms with Crippen LogP contribution in [0.4, 0.5) is 5.82 Å². The lowest BCUT2D eigenvalue weighted by Crippen LogP contribution is -2.38. The Hall–Kier alpha value is -2.81. The van der Waals surface area contributed by atoms with Crippen LogP contribution in [0, 0.1) is 0 Å². The smallest absolute Gasteiger partial charge is 0.186 e. The average Bonchev–Trinajstić information content (AvgIpc) is 2.79. The van der Waals surface area contributed by atoms with Gasteiger partial charge in [0.1, 0.15) is 11.6 Å². The Morgan fingerprint density at radius 3 is 2.47 bits per heavy atom. The van der Waals surface area contributed by atoms with Gasteiger partial charge in [0.25, 0.3) is 0 Å². The lowest BCUT2D eigenvalue weighted by Gasteiger charge is -2.30. The molecule has 0 amide bonds. The van der Waals surface area contributed by atoms with Gasteiger partial charge in [-0.05, 0) is 54.8 Å². The normalized spacial score (nSPS) is 17.1. The predicted molar refractivity (Wildman–Crippen MR) is 146 cm³/mol. The summed E-state index contributed by atoms with van der Waals surface area (Å²) in [7, 11) is 1.65. The van der Waals surface area contributed by atoms with Crippen LogP contribution in [0.1, 0.15) is 37.1 Å². The van der Waals surface area contributed by atoms with E-state index in [1.54, 1.807) is 19.5 Å². The fraction of sp³-hybridized carbons (Fsp3) is 0.304. The minimum absolute atomic E-state index is 0. The Bertz CT molecular complexity index is 1110. The third-order valence-corrected chi connectivity index (χ3v) is 5.42. The number of nitrogens with zero attached hydrogens (tertiary/aromatic N) is 4. The molecule has 0 aliphatic heterocycles. The van der Waals surface area contributed by atoms with Gasteiger partial charge >= 0.3 is 0 Å². The lowest BCUT2D eigenvalue weighted by molar-refractivity contribution is 0.405. The van der Waals surface area contributed by atoms with E-state index in [1.807, 2.05) is 42.5 Å². The standard InChI is InChI=1S/C23H27N7O.3ClH/c1-31-16-7-8-18-17(14-16)22(28-19-4-2-3-5-20(19)29-23(24)25)30-21(27-18)9-6-15-10-12-26-13-11-15;;;/h6-14,19-20H,2-5H2,1H3,(H4,24,25,29)(H,27,28,30);3*1H/t19-,20+;;;/m0.../s1. The van der Waals surface area contributed by atoms with Crippen molar-refractivity contribution < 1.29 is 4.74 Å². The number of guanidine groups is 1. The van der Waals surface area contributed by atoms with Crippen molar-refractivity contribution in [3.63, 3.8) is 0 Å². The average molecular weight is 527 g/mol. The molecule has 2 aromatic heterocycles. The van der Waals surface area contributed by atoms with E-state index in [0.29, 0.717) is 5.82 Å². The highest BCUT2D eigenvalue weighted by Gasteiger charge is 2.26. The molecular weight excluding hydrogens is 497 g/mol. The van der Waals surface area contributed by atoms with Crippen LogP contribution in [-0.4, -0.2) is 40.1 Å². The van der Waals surface area contributed by atoms with Crippen molar-refractivity contribution >= 4 is 72.1 Å². The lowest BCUT2D eigenvalue weighted by atomic mass is 9.90. The Labute approximate surface area is 217 Å². The second kappa shape index (κ2) is 13.8. The summed E-state index contributed by atoms with van der Waals surface area (Å²) in [4.78, 5) is 18.0. The van der Waals surface area contributed by atoms with Crippen molar-refractivity contribution in [2.45, 2.75) is 37.8 Å². The SMILES string of the molecule is COc1ccc2nc(C=Cc3ccncc3)nc(N[C@H]3CCCC[C@H]3N=C(N)N)c2c1.Cl.Cl.Cl. The topological polar surface area (TPSA) is 124 Å². The van der Waals surface area contributed by atoms with E-state index >= 15 is 0 Å². The number of pyridine rings is 1. The fourth-order valence-corrected chi connectivity index (χ4v) is 3.88. The van der Waals surface area contributed by atoms with E-state index in [-0.39, 0.29) is 55.3 Å². The Morgan fingerprint density at radius 2 is 1.76 bits per heavy atom. The zero-order valence-corrected chi connectivity index (χ0v) is 21.2. The number of benzene rings is 1. The maximum Gasteiger partial charge on any atom is 0.186 e. The van der Waals surface area contributed by atoms with Crippen LogP contribution in [0.3, 0.4) is 0 Å². The first-order chi connectivity index (χ1) is 15.1. The number of aromatic nitrogens is 3. The first-order valence-corrected chi connectivity index (χ1v) is 10.4. The van der Waals surface area contributed by atoms with Gasteiger partial charge in [-0.1, -0.05) is 18.9 Å². The maximum absolute atomic E-state index is 5.67. The van der Waals surface area contributed by atoms with Crippen LogP contribution in [0.25, 0.3) is 23.1 Å². The van der Waals surface area contributed by atoms with Crippen molar-refractivity contribution in [2.75, 3.05) is 12.4 Å². The van der Waals surface area contributed by atoms with Crippen LogP contribution in [-0.2, 0) is 0 Å². The van der Waals surface area contributed by atoms with Gasteiger partial charge in [-0.15, -0.1) is 37.2 Å². The van der Waals surface area contributed by atoms with Crippen LogP contribution in [0.2, 0.25) is 0 Å². The number of methoxy groups -OCH3 is 1. The molecule has 1 aliphatic rings. The number of ether oxygens (including phenoxy) is 1. The Kier molecular flexibility index (Phi) is 11.9. The van der Waals surface area contributed by atoms with Crippen LogP contribution in [0.5, 0.6) is 5.75 Å². The van der Waals surface area contributed by atoms with Gasteiger partial charge in [-0.25, -0.2) is 15.0 Å². The molecule has 0 radical (unpaired) electrons. The van der Waals surface area contributed by atoms with Gasteiger partial charge < -0.3 is 21.5 Å². The minimum atomic E-state index is 0. The quantitative estimate of drug-likeness (QED) is 0.320. The number of anilines is 1. The summed E-state index contributed by atoms with van der Waals surface area (Å²) in [5.41, 5.74) is 13.2. The molecule has 11 heteroatoms. The highest BCUT2D eigenvalue weighted by atomic mass is 35.5. The van der Waals surface area contributed by atoms with Crippen molar-refractivity contribution in [1.82, 2.24) is 15.0 Å². The molecule has 2 heterocycles. The number of aliphatic imine (C=N–C) groups is 1. The third kappa shape index (κ3) is 7.35. The van der Waals surface area contributed by atoms with Gasteiger partial charge in [0, 0.05) is 17.8 Å². The van der Waals surface area contributed by atoms with Crippen LogP contribution in [0.15, 0.2) is 47.7 Å². The van der Waals surface area contributed by atoms with Gasteiger partial charge in [0.2, 0.25) is 0 Å². The highest BCUT2D eigenvalue weighted by molar-refractivity contribution is 5.91. The van der Waals surface area contributed by atoms with Crippen molar-refractivity contribution in [1.29, 1.82) is 0 Å². The van der Waals surface area contributed by atoms with Crippen molar-refractivity contribution in [2.24, 2.45) is 16.5 Å². The first kappa shape index (κ1) is 29.2. The molecule has 1 fully saturated rings. The molecule has 34 heavy (non-hydrogen) atoms. The van der Waals surface area contributed by atoms with E-state index in [1.165, 1.54) is 0 Å². The summed E-state index contributed by atoms with van der Waals surface area (Å²) in [6.07, 6.45) is 11.5. The first-order valence-electron chi connectivity index (χ1n) is 10.4. The third-order valence-electron chi connectivity index (χ3n) is 5.42. The molecule has 0 saturated heterocycles. The van der Waals surface area contributed by atoms with Crippen molar-refractivity contribution in [3.8, 4) is 5.75 Å². The zero-order chi connectivity index (χ0) is 21.6. The summed E-state index contributed by atoms with van der Waals surface area (Å²) in [5, 5.41) is 4.50. The molecule has 1 aromatic carbocycles. The molecule has 0 bridgehead atoms. The number of nitrogens with one attached hydrogen (secondary N) is 1. The van der Waals surface area contributed by atoms with Gasteiger partial charge in [0.05, 0.1) is 24.7 Å². The molecule has 1 saturated carbocycles. The largest absolute Gasteiger partial charge is 0.497 e. The number of hydrogen-bond acceptors (Lipinski definition) is 6. The highest BCUT2D eigenvalue weighted by Crippen LogP contribution is 2.29. The molecule has 2 atom stereocenters. The van der Waals surface area contributed by atoms with Gasteiger partial charge in [-0.3, -0.25) is 4.98 Å².